The molecule has 2 aliphatic heterocycles. The molecule has 4 nitrogen and oxygen atoms in total. The molecule has 2 aromatic rings. The molecule has 2 aliphatic rings. The molecular formula is C20H21NO3. The highest BCUT2D eigenvalue weighted by molar-refractivity contribution is 5.87. The number of benzene rings is 2. The third kappa shape index (κ3) is 2.57. The van der Waals surface area contributed by atoms with E-state index in [9.17, 15) is 4.79 Å². The van der Waals surface area contributed by atoms with Crippen molar-refractivity contribution < 1.29 is 14.6 Å². The van der Waals surface area contributed by atoms with Gasteiger partial charge in [-0.05, 0) is 43.5 Å². The van der Waals surface area contributed by atoms with Crippen LogP contribution in [-0.2, 0) is 4.74 Å². The summed E-state index contributed by atoms with van der Waals surface area (Å²) in [5, 5.41) is 12.8. The number of carboxylic acid groups (broad SMARTS) is 1. The smallest absolute Gasteiger partial charge is 0.335 e. The van der Waals surface area contributed by atoms with Crippen LogP contribution >= 0.6 is 0 Å². The highest BCUT2D eigenvalue weighted by Gasteiger charge is 2.39. The van der Waals surface area contributed by atoms with Gasteiger partial charge in [0.15, 0.2) is 0 Å². The van der Waals surface area contributed by atoms with Gasteiger partial charge in [-0.15, -0.1) is 0 Å². The molecule has 0 radical (unpaired) electrons. The number of nitrogens with one attached hydrogen (secondary N) is 1. The maximum atomic E-state index is 11.1. The number of ether oxygens (including phenoxy) is 1. The standard InChI is InChI=1S/C20H21NO3/c1-12-4-9-17-16(11-12)19-15(3-2-10-24-19)18(21-17)13-5-7-14(8-6-13)20(22)23/h4-9,11,15,18-19,21H,2-3,10H2,1H3,(H,22,23)/t15-,18+,19+/m0/s1. The van der Waals surface area contributed by atoms with Crippen molar-refractivity contribution in [2.75, 3.05) is 11.9 Å². The van der Waals surface area contributed by atoms with Gasteiger partial charge in [0.25, 0.3) is 0 Å². The van der Waals surface area contributed by atoms with Crippen LogP contribution in [0.25, 0.3) is 0 Å². The Balaban J connectivity index is 1.73. The number of carboxylic acids is 1. The summed E-state index contributed by atoms with van der Waals surface area (Å²) in [6, 6.07) is 13.8. The van der Waals surface area contributed by atoms with E-state index in [1.807, 2.05) is 12.1 Å². The Labute approximate surface area is 141 Å². The van der Waals surface area contributed by atoms with Crippen molar-refractivity contribution in [3.05, 3.63) is 64.7 Å². The zero-order chi connectivity index (χ0) is 16.7. The predicted molar refractivity (Wildman–Crippen MR) is 92.4 cm³/mol. The molecule has 0 amide bonds. The molecule has 4 heteroatoms. The summed E-state index contributed by atoms with van der Waals surface area (Å²) in [6.07, 6.45) is 2.28. The van der Waals surface area contributed by atoms with Gasteiger partial charge in [0, 0.05) is 23.8 Å². The lowest BCUT2D eigenvalue weighted by Crippen LogP contribution is -2.36. The first-order chi connectivity index (χ1) is 11.6. The number of aryl methyl sites for hydroxylation is 1. The summed E-state index contributed by atoms with van der Waals surface area (Å²) >= 11 is 0. The number of anilines is 1. The summed E-state index contributed by atoms with van der Waals surface area (Å²) in [5.41, 5.74) is 5.05. The Morgan fingerprint density at radius 2 is 2.00 bits per heavy atom. The number of rotatable bonds is 2. The predicted octanol–water partition coefficient (Wildman–Crippen LogP) is 4.33. The molecule has 1 fully saturated rings. The fourth-order valence-corrected chi connectivity index (χ4v) is 3.95. The minimum absolute atomic E-state index is 0.110. The molecular weight excluding hydrogens is 302 g/mol. The van der Waals surface area contributed by atoms with Crippen molar-refractivity contribution in [2.24, 2.45) is 5.92 Å². The molecule has 124 valence electrons. The van der Waals surface area contributed by atoms with Crippen LogP contribution in [0.1, 0.15) is 52.0 Å². The Morgan fingerprint density at radius 1 is 1.21 bits per heavy atom. The highest BCUT2D eigenvalue weighted by Crippen LogP contribution is 2.49. The minimum atomic E-state index is -0.891. The molecule has 2 aromatic carbocycles. The lowest BCUT2D eigenvalue weighted by molar-refractivity contribution is -0.0381. The van der Waals surface area contributed by atoms with Gasteiger partial charge in [-0.3, -0.25) is 0 Å². The molecule has 3 atom stereocenters. The van der Waals surface area contributed by atoms with E-state index in [0.29, 0.717) is 11.5 Å². The maximum Gasteiger partial charge on any atom is 0.335 e. The van der Waals surface area contributed by atoms with Gasteiger partial charge in [-0.2, -0.15) is 0 Å². The van der Waals surface area contributed by atoms with Crippen molar-refractivity contribution in [2.45, 2.75) is 31.9 Å². The first-order valence-corrected chi connectivity index (χ1v) is 8.45. The minimum Gasteiger partial charge on any atom is -0.478 e. The SMILES string of the molecule is Cc1ccc2c(c1)[C@@H]1OCCC[C@H]1[C@@H](c1ccc(C(=O)O)cc1)N2. The van der Waals surface area contributed by atoms with Crippen LogP contribution in [0.5, 0.6) is 0 Å². The van der Waals surface area contributed by atoms with Crippen LogP contribution in [0.4, 0.5) is 5.69 Å². The Bertz CT molecular complexity index is 769. The van der Waals surface area contributed by atoms with E-state index >= 15 is 0 Å². The summed E-state index contributed by atoms with van der Waals surface area (Å²) in [5.74, 6) is -0.526. The van der Waals surface area contributed by atoms with E-state index < -0.39 is 5.97 Å². The largest absolute Gasteiger partial charge is 0.478 e. The van der Waals surface area contributed by atoms with Crippen LogP contribution < -0.4 is 5.32 Å². The van der Waals surface area contributed by atoms with Crippen molar-refractivity contribution >= 4 is 11.7 Å². The topological polar surface area (TPSA) is 58.6 Å². The molecule has 0 spiro atoms. The van der Waals surface area contributed by atoms with Gasteiger partial charge in [-0.25, -0.2) is 4.79 Å². The summed E-state index contributed by atoms with van der Waals surface area (Å²) in [4.78, 5) is 11.1. The van der Waals surface area contributed by atoms with Gasteiger partial charge >= 0.3 is 5.97 Å². The Hall–Kier alpha value is -2.33. The lowest BCUT2D eigenvalue weighted by atomic mass is 9.77. The first-order valence-electron chi connectivity index (χ1n) is 8.45. The van der Waals surface area contributed by atoms with Gasteiger partial charge in [0.05, 0.1) is 17.7 Å². The molecule has 0 aromatic heterocycles. The maximum absolute atomic E-state index is 11.1. The molecule has 0 saturated carbocycles. The zero-order valence-corrected chi connectivity index (χ0v) is 13.7. The van der Waals surface area contributed by atoms with Crippen LogP contribution in [0.2, 0.25) is 0 Å². The third-order valence-corrected chi connectivity index (χ3v) is 5.14. The van der Waals surface area contributed by atoms with E-state index in [1.54, 1.807) is 12.1 Å². The average molecular weight is 323 g/mol. The second-order valence-electron chi connectivity index (χ2n) is 6.74. The molecule has 2 heterocycles. The van der Waals surface area contributed by atoms with Crippen molar-refractivity contribution in [3.8, 4) is 0 Å². The lowest BCUT2D eigenvalue weighted by Gasteiger charge is -2.43. The van der Waals surface area contributed by atoms with Crippen molar-refractivity contribution in [1.82, 2.24) is 0 Å². The van der Waals surface area contributed by atoms with Crippen molar-refractivity contribution in [3.63, 3.8) is 0 Å². The fraction of sp³-hybridized carbons (Fsp3) is 0.350. The third-order valence-electron chi connectivity index (χ3n) is 5.14. The first kappa shape index (κ1) is 15.2. The molecule has 0 aliphatic carbocycles. The summed E-state index contributed by atoms with van der Waals surface area (Å²) in [7, 11) is 0. The van der Waals surface area contributed by atoms with Gasteiger partial charge in [-0.1, -0.05) is 29.8 Å². The summed E-state index contributed by atoms with van der Waals surface area (Å²) in [6.45, 7) is 2.91. The summed E-state index contributed by atoms with van der Waals surface area (Å²) < 4.78 is 6.14. The number of hydrogen-bond acceptors (Lipinski definition) is 3. The van der Waals surface area contributed by atoms with E-state index in [2.05, 4.69) is 30.4 Å². The number of fused-ring (bicyclic) bond motifs is 3. The van der Waals surface area contributed by atoms with Crippen molar-refractivity contribution in [1.29, 1.82) is 0 Å². The second-order valence-corrected chi connectivity index (χ2v) is 6.74. The van der Waals surface area contributed by atoms with Crippen LogP contribution in [0.15, 0.2) is 42.5 Å². The Morgan fingerprint density at radius 3 is 2.75 bits per heavy atom. The normalized spacial score (nSPS) is 25.3. The number of carbonyl (C=O) groups is 1. The van der Waals surface area contributed by atoms with E-state index in [4.69, 9.17) is 9.84 Å². The van der Waals surface area contributed by atoms with Gasteiger partial charge in [0.1, 0.15) is 0 Å². The quantitative estimate of drug-likeness (QED) is 0.864. The number of hydrogen-bond donors (Lipinski definition) is 2. The Kier molecular flexibility index (Phi) is 3.77. The molecule has 0 unspecified atom stereocenters. The van der Waals surface area contributed by atoms with Gasteiger partial charge < -0.3 is 15.2 Å². The second kappa shape index (κ2) is 5.95. The highest BCUT2D eigenvalue weighted by atomic mass is 16.5. The monoisotopic (exact) mass is 323 g/mol. The van der Waals surface area contributed by atoms with Crippen LogP contribution in [-0.4, -0.2) is 17.7 Å². The molecule has 2 N–H and O–H groups in total. The van der Waals surface area contributed by atoms with Crippen LogP contribution in [0, 0.1) is 12.8 Å². The van der Waals surface area contributed by atoms with Gasteiger partial charge in [0.2, 0.25) is 0 Å². The molecule has 1 saturated heterocycles. The number of aromatic carboxylic acids is 1. The fourth-order valence-electron chi connectivity index (χ4n) is 3.95. The molecule has 0 bridgehead atoms. The van der Waals surface area contributed by atoms with E-state index in [-0.39, 0.29) is 12.1 Å². The van der Waals surface area contributed by atoms with E-state index in [1.165, 1.54) is 11.1 Å². The zero-order valence-electron chi connectivity index (χ0n) is 13.7. The average Bonchev–Trinajstić information content (AvgIpc) is 2.61. The molecule has 24 heavy (non-hydrogen) atoms. The molecule has 4 rings (SSSR count). The van der Waals surface area contributed by atoms with Crippen LogP contribution in [0.3, 0.4) is 0 Å². The van der Waals surface area contributed by atoms with E-state index in [0.717, 1.165) is 30.7 Å².